The van der Waals surface area contributed by atoms with Crippen LogP contribution < -0.4 is 29.6 Å². The summed E-state index contributed by atoms with van der Waals surface area (Å²) < 4.78 is 33.7. The zero-order valence-electron chi connectivity index (χ0n) is 43.0. The van der Waals surface area contributed by atoms with Gasteiger partial charge in [0, 0.05) is 53.4 Å². The minimum absolute atomic E-state index is 0. The second-order valence-electron chi connectivity index (χ2n) is 15.8. The van der Waals surface area contributed by atoms with Crippen LogP contribution in [0.3, 0.4) is 0 Å². The molecule has 0 saturated carbocycles. The summed E-state index contributed by atoms with van der Waals surface area (Å²) >= 11 is 0. The first-order chi connectivity index (χ1) is 32.2. The zero-order chi connectivity index (χ0) is 52.4. The molecule has 0 bridgehead atoms. The monoisotopic (exact) mass is 994 g/mol. The van der Waals surface area contributed by atoms with Gasteiger partial charge in [-0.2, -0.15) is 0 Å². The summed E-state index contributed by atoms with van der Waals surface area (Å²) in [6.07, 6.45) is 8.53. The maximum Gasteiger partial charge on any atom is 1.00 e. The number of aryl methyl sites for hydroxylation is 2. The van der Waals surface area contributed by atoms with E-state index in [2.05, 4.69) is 68.1 Å². The Morgan fingerprint density at radius 2 is 1.16 bits per heavy atom. The van der Waals surface area contributed by atoms with Crippen LogP contribution in [0.15, 0.2) is 24.8 Å². The number of carbonyl (C=O) groups excluding carboxylic acids is 5. The third kappa shape index (κ3) is 26.9. The van der Waals surface area contributed by atoms with Crippen LogP contribution in [-0.2, 0) is 70.3 Å². The van der Waals surface area contributed by atoms with E-state index in [0.29, 0.717) is 12.8 Å². The molecule has 2 N–H and O–H groups in total. The first-order valence-electron chi connectivity index (χ1n) is 22.3. The Morgan fingerprint density at radius 3 is 1.42 bits per heavy atom. The maximum absolute atomic E-state index is 12.5. The Bertz CT molecular complexity index is 1680. The molecule has 388 valence electrons. The van der Waals surface area contributed by atoms with Crippen molar-refractivity contribution in [3.63, 3.8) is 0 Å². The molecular weight excluding hydrogens is 918 g/mol. The van der Waals surface area contributed by atoms with Crippen molar-refractivity contribution in [2.75, 3.05) is 75.8 Å². The molecule has 9 unspecified atom stereocenters. The SMILES string of the molecule is CCC(OC)C1C(=O)OC(=O)C1C.CCO.CCOC(=O)C(CC(OC)C1C(=O)OC(=O)C1C)C(C(=O)O)C(CC)OC.CN(C)CCCn1ccnn1.CN(C)CCCn1ccnn1.[N-]=[N+]=[N-].[Na+]. The van der Waals surface area contributed by atoms with Crippen molar-refractivity contribution in [3.8, 4) is 0 Å². The number of rotatable bonds is 22. The maximum atomic E-state index is 12.5. The van der Waals surface area contributed by atoms with Gasteiger partial charge in [0.15, 0.2) is 0 Å². The summed E-state index contributed by atoms with van der Waals surface area (Å²) in [7, 11) is 12.5. The number of aliphatic hydroxyl groups excluding tert-OH is 1. The van der Waals surface area contributed by atoms with Gasteiger partial charge in [-0.05, 0) is 87.2 Å². The van der Waals surface area contributed by atoms with Gasteiger partial charge >= 0.3 is 65.4 Å². The van der Waals surface area contributed by atoms with Crippen LogP contribution >= 0.6 is 0 Å². The number of aromatic nitrogens is 6. The quantitative estimate of drug-likeness (QED) is 0.0301. The molecule has 2 aromatic rings. The topological polar surface area (TPSA) is 325 Å². The van der Waals surface area contributed by atoms with E-state index in [1.54, 1.807) is 40.1 Å². The van der Waals surface area contributed by atoms with Gasteiger partial charge < -0.3 is 59.5 Å². The number of hydrogen-bond donors (Lipinski definition) is 2. The Kier molecular flexibility index (Phi) is 40.2. The van der Waals surface area contributed by atoms with E-state index in [1.165, 1.54) is 33.2 Å². The molecule has 4 rings (SSSR count). The van der Waals surface area contributed by atoms with Crippen molar-refractivity contribution in [1.29, 1.82) is 0 Å². The molecule has 2 aliphatic heterocycles. The molecule has 0 spiro atoms. The smallest absolute Gasteiger partial charge is 0.481 e. The van der Waals surface area contributed by atoms with E-state index < -0.39 is 77.6 Å². The number of carboxylic acids is 1. The molecule has 2 aromatic heterocycles. The van der Waals surface area contributed by atoms with Gasteiger partial charge in [-0.1, -0.05) is 38.1 Å². The minimum atomic E-state index is -1.21. The van der Waals surface area contributed by atoms with Crippen LogP contribution in [0.25, 0.3) is 16.0 Å². The van der Waals surface area contributed by atoms with Crippen LogP contribution in [-0.4, -0.2) is 180 Å². The molecule has 26 heteroatoms. The Morgan fingerprint density at radius 1 is 0.754 bits per heavy atom. The predicted octanol–water partition coefficient (Wildman–Crippen LogP) is 0.108. The normalized spacial score (nSPS) is 19.0. The van der Waals surface area contributed by atoms with E-state index >= 15 is 0 Å². The summed E-state index contributed by atoms with van der Waals surface area (Å²) in [5, 5.41) is 32.4. The number of hydrogen-bond acceptors (Lipinski definition) is 19. The fourth-order valence-corrected chi connectivity index (χ4v) is 6.97. The van der Waals surface area contributed by atoms with Crippen LogP contribution in [0.5, 0.6) is 0 Å². The number of methoxy groups -OCH3 is 3. The van der Waals surface area contributed by atoms with Gasteiger partial charge in [-0.15, -0.1) is 10.2 Å². The summed E-state index contributed by atoms with van der Waals surface area (Å²) in [5.74, 6) is -9.02. The van der Waals surface area contributed by atoms with Crippen molar-refractivity contribution in [2.45, 2.75) is 105 Å². The number of carbonyl (C=O) groups is 6. The third-order valence-corrected chi connectivity index (χ3v) is 10.4. The molecule has 4 heterocycles. The standard InChI is InChI=1S/C18H28O9.C9H14O4.2C7H14N4.C2H6O.N3.Na/c1-6-11(24-4)14(15(19)20)10(17(22)26-7-2)8-12(25-5)13-9(3)16(21)27-18(13)23;1-4-6(12-3)7-5(2)8(10)13-9(7)11;2*1-10(2)5-3-6-11-7-4-8-9-11;1-2-3;1-3-2;/h9-14H,6-8H2,1-5H3,(H,19,20);5-7H,4H2,1-3H3;2*4,7H,3,5-6H2,1-2H3;3H,2H2,1H3;;/q;;;;;-1;+1. The van der Waals surface area contributed by atoms with Gasteiger partial charge in [0.1, 0.15) is 0 Å². The van der Waals surface area contributed by atoms with Crippen molar-refractivity contribution in [1.82, 2.24) is 39.8 Å². The number of esters is 5. The Balaban J connectivity index is -0.000000868. The number of aliphatic carboxylic acids is 1. The summed E-state index contributed by atoms with van der Waals surface area (Å²) in [6.45, 7) is 14.6. The number of cyclic esters (lactones) is 4. The van der Waals surface area contributed by atoms with Gasteiger partial charge in [0.2, 0.25) is 0 Å². The third-order valence-electron chi connectivity index (χ3n) is 10.4. The van der Waals surface area contributed by atoms with Crippen LogP contribution in [0.2, 0.25) is 0 Å². The molecule has 2 saturated heterocycles. The van der Waals surface area contributed by atoms with Crippen molar-refractivity contribution < 1.29 is 97.0 Å². The van der Waals surface area contributed by atoms with Crippen LogP contribution in [0.4, 0.5) is 0 Å². The van der Waals surface area contributed by atoms with Gasteiger partial charge in [-0.3, -0.25) is 43.0 Å². The number of ether oxygens (including phenoxy) is 6. The molecule has 9 atom stereocenters. The number of aliphatic hydroxyl groups is 1. The van der Waals surface area contributed by atoms with Crippen molar-refractivity contribution in [2.24, 2.45) is 35.5 Å². The molecule has 25 nitrogen and oxygen atoms in total. The first kappa shape index (κ1) is 68.8. The molecular formula is C43H76N11NaO14. The summed E-state index contributed by atoms with van der Waals surface area (Å²) in [5.41, 5.74) is 13.5. The van der Waals surface area contributed by atoms with Crippen molar-refractivity contribution >= 4 is 35.8 Å². The largest absolute Gasteiger partial charge is 1.00 e. The van der Waals surface area contributed by atoms with E-state index in [-0.39, 0.29) is 61.2 Å². The molecule has 2 aliphatic rings. The average molecular weight is 994 g/mol. The first-order valence-corrected chi connectivity index (χ1v) is 22.3. The van der Waals surface area contributed by atoms with Gasteiger partial charge in [0.25, 0.3) is 0 Å². The molecule has 0 aromatic carbocycles. The second-order valence-corrected chi connectivity index (χ2v) is 15.8. The van der Waals surface area contributed by atoms with Crippen LogP contribution in [0, 0.1) is 35.5 Å². The minimum Gasteiger partial charge on any atom is -0.481 e. The van der Waals surface area contributed by atoms with E-state index in [1.807, 2.05) is 28.7 Å². The van der Waals surface area contributed by atoms with Gasteiger partial charge in [0.05, 0.1) is 72.8 Å². The fraction of sp³-hybridized carbons (Fsp3) is 0.767. The summed E-state index contributed by atoms with van der Waals surface area (Å²) in [4.78, 5) is 76.3. The van der Waals surface area contributed by atoms with Crippen molar-refractivity contribution in [3.05, 3.63) is 40.8 Å². The van der Waals surface area contributed by atoms with E-state index in [9.17, 15) is 33.9 Å². The zero-order valence-corrected chi connectivity index (χ0v) is 45.0. The van der Waals surface area contributed by atoms with E-state index in [4.69, 9.17) is 35.1 Å². The molecule has 69 heavy (non-hydrogen) atoms. The fourth-order valence-electron chi connectivity index (χ4n) is 6.97. The predicted molar refractivity (Wildman–Crippen MR) is 246 cm³/mol. The summed E-state index contributed by atoms with van der Waals surface area (Å²) in [6, 6.07) is 0. The van der Waals surface area contributed by atoms with Gasteiger partial charge in [-0.25, -0.2) is 0 Å². The Hall–Kier alpha value is -4.43. The molecule has 0 aliphatic carbocycles. The van der Waals surface area contributed by atoms with E-state index in [0.717, 1.165) is 39.0 Å². The average Bonchev–Trinajstić information content (AvgIpc) is 4.10. The number of nitrogens with zero attached hydrogens (tertiary/aromatic N) is 11. The van der Waals surface area contributed by atoms with Crippen LogP contribution in [0.1, 0.15) is 73.6 Å². The molecule has 2 fully saturated rings. The second kappa shape index (κ2) is 40.3. The number of carboxylic acid groups (broad SMARTS) is 1. The Labute approximate surface area is 427 Å². The molecule has 0 amide bonds. The molecule has 0 radical (unpaired) electrons.